The van der Waals surface area contributed by atoms with Gasteiger partial charge in [-0.1, -0.05) is 23.4 Å². The monoisotopic (exact) mass is 342 g/mol. The zero-order valence-corrected chi connectivity index (χ0v) is 14.8. The number of carbonyl (C=O) groups is 1. The van der Waals surface area contributed by atoms with Crippen molar-refractivity contribution in [2.24, 2.45) is 5.16 Å². The number of hydrogen-bond donors (Lipinski definition) is 0. The summed E-state index contributed by atoms with van der Waals surface area (Å²) in [6, 6.07) is 14.7. The molecule has 0 fully saturated rings. The van der Waals surface area contributed by atoms with Gasteiger partial charge in [-0.05, 0) is 37.3 Å². The van der Waals surface area contributed by atoms with E-state index in [-0.39, 0.29) is 5.91 Å². The highest BCUT2D eigenvalue weighted by atomic mass is 16.6. The molecule has 0 aliphatic heterocycles. The highest BCUT2D eigenvalue weighted by Crippen LogP contribution is 2.22. The van der Waals surface area contributed by atoms with E-state index in [2.05, 4.69) is 5.16 Å². The number of carbonyl (C=O) groups excluding carboxylic acids is 1. The molecule has 25 heavy (non-hydrogen) atoms. The standard InChI is InChI=1S/C19H22N2O4/c1-14(19(22)21(2)16-8-6-5-7-9-16)25-20-13-15-12-17(23-3)10-11-18(15)24-4/h5-14H,1-4H3. The predicted octanol–water partition coefficient (Wildman–Crippen LogP) is 3.11. The van der Waals surface area contributed by atoms with Crippen molar-refractivity contribution in [3.05, 3.63) is 54.1 Å². The second-order valence-electron chi connectivity index (χ2n) is 5.32. The van der Waals surface area contributed by atoms with E-state index in [1.54, 1.807) is 46.4 Å². The number of hydrogen-bond acceptors (Lipinski definition) is 5. The average Bonchev–Trinajstić information content (AvgIpc) is 2.67. The average molecular weight is 342 g/mol. The Labute approximate surface area is 147 Å². The van der Waals surface area contributed by atoms with Gasteiger partial charge in [-0.3, -0.25) is 4.79 Å². The minimum atomic E-state index is -0.724. The Bertz CT molecular complexity index is 731. The molecule has 0 heterocycles. The van der Waals surface area contributed by atoms with Crippen molar-refractivity contribution < 1.29 is 19.1 Å². The van der Waals surface area contributed by atoms with E-state index < -0.39 is 6.10 Å². The lowest BCUT2D eigenvalue weighted by Gasteiger charge is -2.20. The van der Waals surface area contributed by atoms with Crippen molar-refractivity contribution in [3.63, 3.8) is 0 Å². The van der Waals surface area contributed by atoms with Crippen LogP contribution in [-0.2, 0) is 9.63 Å². The second-order valence-corrected chi connectivity index (χ2v) is 5.32. The van der Waals surface area contributed by atoms with Crippen molar-refractivity contribution in [1.82, 2.24) is 0 Å². The molecule has 1 amide bonds. The summed E-state index contributed by atoms with van der Waals surface area (Å²) in [4.78, 5) is 19.2. The minimum Gasteiger partial charge on any atom is -0.497 e. The normalized spacial score (nSPS) is 11.8. The summed E-state index contributed by atoms with van der Waals surface area (Å²) in [6.07, 6.45) is 0.770. The third-order valence-corrected chi connectivity index (χ3v) is 3.67. The van der Waals surface area contributed by atoms with Gasteiger partial charge >= 0.3 is 0 Å². The molecular formula is C19H22N2O4. The molecule has 0 saturated heterocycles. The van der Waals surface area contributed by atoms with Gasteiger partial charge in [-0.2, -0.15) is 0 Å². The van der Waals surface area contributed by atoms with Crippen molar-refractivity contribution in [2.45, 2.75) is 13.0 Å². The van der Waals surface area contributed by atoms with Crippen LogP contribution in [0, 0.1) is 0 Å². The van der Waals surface area contributed by atoms with Crippen LogP contribution in [0.1, 0.15) is 12.5 Å². The van der Waals surface area contributed by atoms with Crippen LogP contribution in [-0.4, -0.2) is 39.5 Å². The summed E-state index contributed by atoms with van der Waals surface area (Å²) in [6.45, 7) is 1.65. The molecular weight excluding hydrogens is 320 g/mol. The molecule has 1 unspecified atom stereocenters. The van der Waals surface area contributed by atoms with Crippen LogP contribution in [0.3, 0.4) is 0 Å². The largest absolute Gasteiger partial charge is 0.497 e. The van der Waals surface area contributed by atoms with Crippen molar-refractivity contribution >= 4 is 17.8 Å². The van der Waals surface area contributed by atoms with Gasteiger partial charge < -0.3 is 19.2 Å². The number of oxime groups is 1. The molecule has 0 aliphatic carbocycles. The summed E-state index contributed by atoms with van der Waals surface area (Å²) in [5.74, 6) is 1.12. The van der Waals surface area contributed by atoms with E-state index in [9.17, 15) is 4.79 Å². The van der Waals surface area contributed by atoms with Gasteiger partial charge in [-0.15, -0.1) is 0 Å². The number of anilines is 1. The molecule has 2 aromatic carbocycles. The van der Waals surface area contributed by atoms with Crippen molar-refractivity contribution in [1.29, 1.82) is 0 Å². The van der Waals surface area contributed by atoms with Crippen molar-refractivity contribution in [3.8, 4) is 11.5 Å². The minimum absolute atomic E-state index is 0.194. The summed E-state index contributed by atoms with van der Waals surface area (Å²) in [5, 5.41) is 3.91. The lowest BCUT2D eigenvalue weighted by Crippen LogP contribution is -2.35. The maximum atomic E-state index is 12.4. The van der Waals surface area contributed by atoms with Crippen molar-refractivity contribution in [2.75, 3.05) is 26.2 Å². The topological polar surface area (TPSA) is 60.4 Å². The number of amides is 1. The third kappa shape index (κ3) is 4.73. The fourth-order valence-corrected chi connectivity index (χ4v) is 2.22. The van der Waals surface area contributed by atoms with Gasteiger partial charge in [0.25, 0.3) is 5.91 Å². The van der Waals surface area contributed by atoms with E-state index in [1.165, 1.54) is 11.1 Å². The fourth-order valence-electron chi connectivity index (χ4n) is 2.22. The maximum Gasteiger partial charge on any atom is 0.270 e. The first-order valence-electron chi connectivity index (χ1n) is 7.80. The van der Waals surface area contributed by atoms with Crippen LogP contribution in [0.4, 0.5) is 5.69 Å². The molecule has 6 nitrogen and oxygen atoms in total. The van der Waals surface area contributed by atoms with E-state index in [0.29, 0.717) is 17.1 Å². The first kappa shape index (κ1) is 18.3. The summed E-state index contributed by atoms with van der Waals surface area (Å²) in [5.41, 5.74) is 1.49. The van der Waals surface area contributed by atoms with Crippen LogP contribution in [0.25, 0.3) is 0 Å². The van der Waals surface area contributed by atoms with Gasteiger partial charge in [-0.25, -0.2) is 0 Å². The Morgan fingerprint density at radius 3 is 2.48 bits per heavy atom. The number of rotatable bonds is 7. The Morgan fingerprint density at radius 2 is 1.84 bits per heavy atom. The molecule has 0 bridgehead atoms. The molecule has 0 aliphatic rings. The molecule has 0 radical (unpaired) electrons. The molecule has 0 aromatic heterocycles. The summed E-state index contributed by atoms with van der Waals surface area (Å²) in [7, 11) is 4.85. The predicted molar refractivity (Wildman–Crippen MR) is 97.5 cm³/mol. The third-order valence-electron chi connectivity index (χ3n) is 3.67. The van der Waals surface area contributed by atoms with Crippen LogP contribution >= 0.6 is 0 Å². The Balaban J connectivity index is 2.03. The number of benzene rings is 2. The molecule has 2 aromatic rings. The van der Waals surface area contributed by atoms with Crippen LogP contribution in [0.2, 0.25) is 0 Å². The maximum absolute atomic E-state index is 12.4. The van der Waals surface area contributed by atoms with Gasteiger partial charge in [0.2, 0.25) is 6.10 Å². The molecule has 2 rings (SSSR count). The lowest BCUT2D eigenvalue weighted by atomic mass is 10.2. The Kier molecular flexibility index (Phi) is 6.39. The van der Waals surface area contributed by atoms with Gasteiger partial charge in [0.1, 0.15) is 11.5 Å². The van der Waals surface area contributed by atoms with Crippen LogP contribution in [0.5, 0.6) is 11.5 Å². The van der Waals surface area contributed by atoms with E-state index >= 15 is 0 Å². The number of likely N-dealkylation sites (N-methyl/N-ethyl adjacent to an activating group) is 1. The molecule has 0 saturated carbocycles. The quantitative estimate of drug-likeness (QED) is 0.573. The number of nitrogens with zero attached hydrogens (tertiary/aromatic N) is 2. The highest BCUT2D eigenvalue weighted by molar-refractivity contribution is 5.95. The first-order chi connectivity index (χ1) is 12.1. The number of para-hydroxylation sites is 1. The zero-order valence-electron chi connectivity index (χ0n) is 14.8. The second kappa shape index (κ2) is 8.73. The molecule has 132 valence electrons. The van der Waals surface area contributed by atoms with Crippen LogP contribution < -0.4 is 14.4 Å². The highest BCUT2D eigenvalue weighted by Gasteiger charge is 2.20. The van der Waals surface area contributed by atoms with E-state index in [1.807, 2.05) is 30.3 Å². The molecule has 6 heteroatoms. The smallest absolute Gasteiger partial charge is 0.270 e. The zero-order chi connectivity index (χ0) is 18.2. The Morgan fingerprint density at radius 1 is 1.12 bits per heavy atom. The number of methoxy groups -OCH3 is 2. The lowest BCUT2D eigenvalue weighted by molar-refractivity contribution is -0.128. The Hall–Kier alpha value is -3.02. The SMILES string of the molecule is COc1ccc(OC)c(C=NOC(C)C(=O)N(C)c2ccccc2)c1. The van der Waals surface area contributed by atoms with E-state index in [0.717, 1.165) is 5.69 Å². The molecule has 1 atom stereocenters. The van der Waals surface area contributed by atoms with Crippen LogP contribution in [0.15, 0.2) is 53.7 Å². The summed E-state index contributed by atoms with van der Waals surface area (Å²) < 4.78 is 10.4. The first-order valence-corrected chi connectivity index (χ1v) is 7.80. The van der Waals surface area contributed by atoms with Gasteiger partial charge in [0.15, 0.2) is 0 Å². The van der Waals surface area contributed by atoms with E-state index in [4.69, 9.17) is 14.3 Å². The van der Waals surface area contributed by atoms with Gasteiger partial charge in [0, 0.05) is 18.3 Å². The fraction of sp³-hybridized carbons (Fsp3) is 0.263. The molecule has 0 spiro atoms. The molecule has 0 N–H and O–H groups in total. The summed E-state index contributed by atoms with van der Waals surface area (Å²) >= 11 is 0. The van der Waals surface area contributed by atoms with Gasteiger partial charge in [0.05, 0.1) is 20.4 Å². The number of ether oxygens (including phenoxy) is 2.